The Kier molecular flexibility index (Phi) is 5.76. The SMILES string of the molecule is C[C@]12CC[C@H](OCCN3CCCC3)C[C@@H]1CC[C@@H]1[C@@H]2CC[C@]2(C)[C@@](O)(c3ccco3)CC[C@]12O. The largest absolute Gasteiger partial charge is 0.466 e. The highest BCUT2D eigenvalue weighted by molar-refractivity contribution is 5.27. The Hall–Kier alpha value is -0.880. The predicted octanol–water partition coefficient (Wildman–Crippen LogP) is 5.11. The Bertz CT molecular complexity index is 867. The molecule has 0 amide bonds. The van der Waals surface area contributed by atoms with Gasteiger partial charge in [-0.2, -0.15) is 0 Å². The van der Waals surface area contributed by atoms with E-state index in [-0.39, 0.29) is 11.3 Å². The lowest BCUT2D eigenvalue weighted by molar-refractivity contribution is -0.242. The van der Waals surface area contributed by atoms with Crippen LogP contribution in [0, 0.1) is 28.6 Å². The van der Waals surface area contributed by atoms with E-state index in [9.17, 15) is 10.2 Å². The van der Waals surface area contributed by atoms with Crippen molar-refractivity contribution in [3.05, 3.63) is 24.2 Å². The molecule has 34 heavy (non-hydrogen) atoms. The van der Waals surface area contributed by atoms with Gasteiger partial charge in [0.2, 0.25) is 0 Å². The Labute approximate surface area is 205 Å². The van der Waals surface area contributed by atoms with Crippen LogP contribution in [-0.2, 0) is 10.3 Å². The molecule has 5 heteroatoms. The van der Waals surface area contributed by atoms with Gasteiger partial charge in [-0.1, -0.05) is 13.8 Å². The van der Waals surface area contributed by atoms with E-state index in [2.05, 4.69) is 18.7 Å². The highest BCUT2D eigenvalue weighted by atomic mass is 16.5. The summed E-state index contributed by atoms with van der Waals surface area (Å²) < 4.78 is 12.1. The molecule has 1 aromatic rings. The first-order valence-electron chi connectivity index (χ1n) is 14.1. The molecule has 5 fully saturated rings. The van der Waals surface area contributed by atoms with Crippen molar-refractivity contribution in [2.75, 3.05) is 26.2 Å². The summed E-state index contributed by atoms with van der Waals surface area (Å²) in [6.07, 6.45) is 13.8. The summed E-state index contributed by atoms with van der Waals surface area (Å²) in [5, 5.41) is 24.2. The molecule has 0 aromatic carbocycles. The fourth-order valence-electron chi connectivity index (χ4n) is 9.62. The van der Waals surface area contributed by atoms with E-state index in [4.69, 9.17) is 9.15 Å². The average molecular weight is 472 g/mol. The third-order valence-corrected chi connectivity index (χ3v) is 11.8. The smallest absolute Gasteiger partial charge is 0.136 e. The van der Waals surface area contributed by atoms with Gasteiger partial charge in [0.15, 0.2) is 0 Å². The van der Waals surface area contributed by atoms with Gasteiger partial charge in [-0.15, -0.1) is 0 Å². The number of ether oxygens (including phenoxy) is 1. The number of furan rings is 1. The summed E-state index contributed by atoms with van der Waals surface area (Å²) in [6, 6.07) is 3.75. The van der Waals surface area contributed by atoms with Gasteiger partial charge in [-0.25, -0.2) is 0 Å². The van der Waals surface area contributed by atoms with E-state index < -0.39 is 16.6 Å². The second kappa shape index (κ2) is 8.33. The van der Waals surface area contributed by atoms with Crippen molar-refractivity contribution in [1.29, 1.82) is 0 Å². The molecule has 6 rings (SSSR count). The zero-order valence-electron chi connectivity index (χ0n) is 21.3. The molecule has 2 heterocycles. The molecule has 4 saturated carbocycles. The van der Waals surface area contributed by atoms with Gasteiger partial charge in [0.1, 0.15) is 11.4 Å². The number of rotatable bonds is 5. The van der Waals surface area contributed by atoms with Crippen molar-refractivity contribution in [3.8, 4) is 0 Å². The fraction of sp³-hybridized carbons (Fsp3) is 0.862. The summed E-state index contributed by atoms with van der Waals surface area (Å²) in [5.74, 6) is 2.13. The maximum absolute atomic E-state index is 12.3. The molecule has 1 aromatic heterocycles. The third kappa shape index (κ3) is 3.26. The minimum atomic E-state index is -1.07. The first kappa shape index (κ1) is 23.5. The van der Waals surface area contributed by atoms with Crippen LogP contribution in [0.25, 0.3) is 0 Å². The standard InChI is InChI=1S/C29H45NO4/c1-26-11-9-22(33-19-17-30-15-3-4-16-30)20-21(26)7-8-24-23(26)10-12-27(2)28(24,31)13-14-29(27,32)25-6-5-18-34-25/h5-6,18,21-24,31-32H,3-4,7-17,19-20H2,1-2H3/t21-,22-,23-,24+,26-,27-,28-,29-/m0/s1. The average Bonchev–Trinajstić information content (AvgIpc) is 3.57. The lowest BCUT2D eigenvalue weighted by atomic mass is 9.43. The van der Waals surface area contributed by atoms with Crippen LogP contribution in [0.15, 0.2) is 22.8 Å². The van der Waals surface area contributed by atoms with E-state index in [0.29, 0.717) is 36.5 Å². The Balaban J connectivity index is 1.16. The van der Waals surface area contributed by atoms with Crippen molar-refractivity contribution in [1.82, 2.24) is 4.90 Å². The van der Waals surface area contributed by atoms with Gasteiger partial charge in [-0.3, -0.25) is 0 Å². The lowest BCUT2D eigenvalue weighted by Crippen LogP contribution is -2.64. The maximum Gasteiger partial charge on any atom is 0.136 e. The molecule has 0 bridgehead atoms. The summed E-state index contributed by atoms with van der Waals surface area (Å²) in [7, 11) is 0. The molecule has 2 N–H and O–H groups in total. The van der Waals surface area contributed by atoms with Crippen LogP contribution in [0.2, 0.25) is 0 Å². The Morgan fingerprint density at radius 3 is 2.59 bits per heavy atom. The number of nitrogens with zero attached hydrogens (tertiary/aromatic N) is 1. The van der Waals surface area contributed by atoms with Crippen LogP contribution in [0.1, 0.15) is 90.2 Å². The zero-order chi connectivity index (χ0) is 23.6. The minimum absolute atomic E-state index is 0.268. The van der Waals surface area contributed by atoms with E-state index >= 15 is 0 Å². The van der Waals surface area contributed by atoms with Gasteiger partial charge in [-0.05, 0) is 119 Å². The fourth-order valence-corrected chi connectivity index (χ4v) is 9.62. The van der Waals surface area contributed by atoms with Crippen LogP contribution in [-0.4, -0.2) is 53.1 Å². The molecule has 0 unspecified atom stereocenters. The molecule has 5 nitrogen and oxygen atoms in total. The summed E-state index contributed by atoms with van der Waals surface area (Å²) >= 11 is 0. The second-order valence-electron chi connectivity index (χ2n) is 12.9. The van der Waals surface area contributed by atoms with Crippen LogP contribution in [0.4, 0.5) is 0 Å². The molecule has 8 atom stereocenters. The molecular weight excluding hydrogens is 426 g/mol. The maximum atomic E-state index is 12.3. The lowest BCUT2D eigenvalue weighted by Gasteiger charge is -2.64. The van der Waals surface area contributed by atoms with Crippen LogP contribution < -0.4 is 0 Å². The summed E-state index contributed by atoms with van der Waals surface area (Å²) in [4.78, 5) is 2.55. The Morgan fingerprint density at radius 1 is 1.00 bits per heavy atom. The normalized spacial score (nSPS) is 48.9. The quantitative estimate of drug-likeness (QED) is 0.625. The molecule has 1 saturated heterocycles. The van der Waals surface area contributed by atoms with Gasteiger partial charge in [0.05, 0.1) is 24.6 Å². The molecule has 0 spiro atoms. The van der Waals surface area contributed by atoms with Crippen LogP contribution >= 0.6 is 0 Å². The molecular formula is C29H45NO4. The van der Waals surface area contributed by atoms with Gasteiger partial charge >= 0.3 is 0 Å². The second-order valence-corrected chi connectivity index (χ2v) is 12.9. The number of hydrogen-bond donors (Lipinski definition) is 2. The number of hydrogen-bond acceptors (Lipinski definition) is 5. The van der Waals surface area contributed by atoms with Crippen LogP contribution in [0.5, 0.6) is 0 Å². The number of aliphatic hydroxyl groups is 2. The number of fused-ring (bicyclic) bond motifs is 5. The van der Waals surface area contributed by atoms with Crippen molar-refractivity contribution in [2.45, 2.75) is 102 Å². The van der Waals surface area contributed by atoms with Crippen molar-refractivity contribution >= 4 is 0 Å². The van der Waals surface area contributed by atoms with E-state index in [0.717, 1.165) is 38.8 Å². The predicted molar refractivity (Wildman–Crippen MR) is 131 cm³/mol. The highest BCUT2D eigenvalue weighted by Gasteiger charge is 2.72. The molecule has 5 aliphatic rings. The van der Waals surface area contributed by atoms with Gasteiger partial charge in [0, 0.05) is 12.0 Å². The number of likely N-dealkylation sites (tertiary alicyclic amines) is 1. The molecule has 1 aliphatic heterocycles. The van der Waals surface area contributed by atoms with E-state index in [1.165, 1.54) is 45.2 Å². The topological polar surface area (TPSA) is 66.1 Å². The molecule has 4 aliphatic carbocycles. The monoisotopic (exact) mass is 471 g/mol. The van der Waals surface area contributed by atoms with E-state index in [1.807, 2.05) is 12.1 Å². The highest BCUT2D eigenvalue weighted by Crippen LogP contribution is 2.71. The first-order valence-corrected chi connectivity index (χ1v) is 14.1. The van der Waals surface area contributed by atoms with Crippen LogP contribution in [0.3, 0.4) is 0 Å². The van der Waals surface area contributed by atoms with Crippen molar-refractivity contribution in [3.63, 3.8) is 0 Å². The van der Waals surface area contributed by atoms with Gasteiger partial charge in [0.25, 0.3) is 0 Å². The zero-order valence-corrected chi connectivity index (χ0v) is 21.3. The first-order chi connectivity index (χ1) is 16.3. The third-order valence-electron chi connectivity index (χ3n) is 11.8. The van der Waals surface area contributed by atoms with E-state index in [1.54, 1.807) is 6.26 Å². The molecule has 0 radical (unpaired) electrons. The summed E-state index contributed by atoms with van der Waals surface area (Å²) in [6.45, 7) is 9.12. The van der Waals surface area contributed by atoms with Crippen molar-refractivity contribution in [2.24, 2.45) is 28.6 Å². The van der Waals surface area contributed by atoms with Crippen molar-refractivity contribution < 1.29 is 19.4 Å². The van der Waals surface area contributed by atoms with Gasteiger partial charge < -0.3 is 24.3 Å². The molecule has 190 valence electrons. The summed E-state index contributed by atoms with van der Waals surface area (Å²) in [5.41, 5.74) is -2.18. The Morgan fingerprint density at radius 2 is 1.82 bits per heavy atom. The minimum Gasteiger partial charge on any atom is -0.466 e.